The summed E-state index contributed by atoms with van der Waals surface area (Å²) in [5.74, 6) is -1.19. The number of aliphatic hydroxyl groups excluding tert-OH is 1. The summed E-state index contributed by atoms with van der Waals surface area (Å²) in [6.07, 6.45) is 4.50. The van der Waals surface area contributed by atoms with Crippen molar-refractivity contribution in [3.63, 3.8) is 0 Å². The Balaban J connectivity index is 0.00000132. The van der Waals surface area contributed by atoms with Crippen LogP contribution in [0.2, 0.25) is 0 Å². The summed E-state index contributed by atoms with van der Waals surface area (Å²) in [5, 5.41) is 29.1. The molecule has 5 N–H and O–H groups in total. The van der Waals surface area contributed by atoms with Crippen LogP contribution in [0.15, 0.2) is 12.4 Å². The SMILES string of the molecule is CCCn1cc(CNC(=O)[C@H]2C[C@H](NC(=O)CNC(C)=O)[C@@H](O)C2)cn1.O=CO. The lowest BCUT2D eigenvalue weighted by Gasteiger charge is -2.16. The highest BCUT2D eigenvalue weighted by Crippen LogP contribution is 2.26. The van der Waals surface area contributed by atoms with Crippen LogP contribution in [0.1, 0.15) is 38.7 Å². The van der Waals surface area contributed by atoms with Crippen LogP contribution < -0.4 is 16.0 Å². The molecule has 0 unspecified atom stereocenters. The van der Waals surface area contributed by atoms with Gasteiger partial charge in [-0.2, -0.15) is 5.10 Å². The van der Waals surface area contributed by atoms with Crippen molar-refractivity contribution in [2.24, 2.45) is 5.92 Å². The van der Waals surface area contributed by atoms with Gasteiger partial charge in [-0.1, -0.05) is 6.92 Å². The molecule has 11 heteroatoms. The molecule has 0 aliphatic heterocycles. The Morgan fingerprint density at radius 1 is 1.31 bits per heavy atom. The average molecular weight is 411 g/mol. The Kier molecular flexibility index (Phi) is 10.4. The molecule has 0 saturated heterocycles. The summed E-state index contributed by atoms with van der Waals surface area (Å²) in [4.78, 5) is 43.2. The zero-order chi connectivity index (χ0) is 21.8. The van der Waals surface area contributed by atoms with Gasteiger partial charge in [-0.15, -0.1) is 0 Å². The lowest BCUT2D eigenvalue weighted by Crippen LogP contribution is -2.44. The smallest absolute Gasteiger partial charge is 0.290 e. The largest absolute Gasteiger partial charge is 0.483 e. The summed E-state index contributed by atoms with van der Waals surface area (Å²) < 4.78 is 1.83. The number of carboxylic acid groups (broad SMARTS) is 1. The molecule has 3 amide bonds. The number of hydrogen-bond donors (Lipinski definition) is 5. The van der Waals surface area contributed by atoms with Crippen LogP contribution >= 0.6 is 0 Å². The van der Waals surface area contributed by atoms with Crippen LogP contribution in [0.3, 0.4) is 0 Å². The predicted molar refractivity (Wildman–Crippen MR) is 102 cm³/mol. The molecule has 11 nitrogen and oxygen atoms in total. The van der Waals surface area contributed by atoms with Crippen molar-refractivity contribution < 1.29 is 29.4 Å². The third-order valence-electron chi connectivity index (χ3n) is 4.35. The Morgan fingerprint density at radius 2 is 2.00 bits per heavy atom. The van der Waals surface area contributed by atoms with E-state index in [-0.39, 0.29) is 36.7 Å². The van der Waals surface area contributed by atoms with Gasteiger partial charge in [0.25, 0.3) is 6.47 Å². The van der Waals surface area contributed by atoms with Gasteiger partial charge in [-0.05, 0) is 19.3 Å². The van der Waals surface area contributed by atoms with Gasteiger partial charge in [-0.3, -0.25) is 23.9 Å². The number of hydrogen-bond acceptors (Lipinski definition) is 6. The third-order valence-corrected chi connectivity index (χ3v) is 4.35. The van der Waals surface area contributed by atoms with E-state index in [4.69, 9.17) is 9.90 Å². The highest BCUT2D eigenvalue weighted by Gasteiger charge is 2.37. The molecule has 1 saturated carbocycles. The molecular formula is C18H29N5O6. The number of aryl methyl sites for hydroxylation is 1. The predicted octanol–water partition coefficient (Wildman–Crippen LogP) is -0.998. The second-order valence-corrected chi connectivity index (χ2v) is 6.75. The highest BCUT2D eigenvalue weighted by molar-refractivity contribution is 5.84. The monoisotopic (exact) mass is 411 g/mol. The summed E-state index contributed by atoms with van der Waals surface area (Å²) in [7, 11) is 0. The third kappa shape index (κ3) is 8.73. The summed E-state index contributed by atoms with van der Waals surface area (Å²) in [6.45, 7) is 4.22. The zero-order valence-corrected chi connectivity index (χ0v) is 16.6. The van der Waals surface area contributed by atoms with Gasteiger partial charge in [0, 0.05) is 37.7 Å². The maximum Gasteiger partial charge on any atom is 0.290 e. The van der Waals surface area contributed by atoms with E-state index in [2.05, 4.69) is 28.0 Å². The Morgan fingerprint density at radius 3 is 2.62 bits per heavy atom. The van der Waals surface area contributed by atoms with Gasteiger partial charge < -0.3 is 26.2 Å². The second kappa shape index (κ2) is 12.5. The van der Waals surface area contributed by atoms with Crippen molar-refractivity contribution in [1.82, 2.24) is 25.7 Å². The number of aliphatic hydroxyl groups is 1. The van der Waals surface area contributed by atoms with E-state index in [0.29, 0.717) is 19.4 Å². The van der Waals surface area contributed by atoms with Crippen LogP contribution in [0.25, 0.3) is 0 Å². The minimum atomic E-state index is -0.778. The first-order valence-corrected chi connectivity index (χ1v) is 9.39. The molecule has 1 aliphatic carbocycles. The molecule has 29 heavy (non-hydrogen) atoms. The summed E-state index contributed by atoms with van der Waals surface area (Å²) in [6, 6.07) is -0.487. The molecule has 1 aliphatic rings. The molecule has 1 fully saturated rings. The number of nitrogens with zero attached hydrogens (tertiary/aromatic N) is 2. The second-order valence-electron chi connectivity index (χ2n) is 6.75. The minimum absolute atomic E-state index is 0.142. The minimum Gasteiger partial charge on any atom is -0.483 e. The van der Waals surface area contributed by atoms with Gasteiger partial charge >= 0.3 is 0 Å². The Hall–Kier alpha value is -2.95. The molecular weight excluding hydrogens is 382 g/mol. The fourth-order valence-corrected chi connectivity index (χ4v) is 3.03. The molecule has 2 rings (SSSR count). The molecule has 1 aromatic heterocycles. The van der Waals surface area contributed by atoms with Gasteiger partial charge in [0.2, 0.25) is 17.7 Å². The van der Waals surface area contributed by atoms with E-state index in [0.717, 1.165) is 18.5 Å². The number of carbonyl (C=O) groups is 4. The van der Waals surface area contributed by atoms with Crippen LogP contribution in [0.4, 0.5) is 0 Å². The lowest BCUT2D eigenvalue weighted by molar-refractivity contribution is -0.126. The fraction of sp³-hybridized carbons (Fsp3) is 0.611. The van der Waals surface area contributed by atoms with Gasteiger partial charge in [0.1, 0.15) is 0 Å². The molecule has 0 aromatic carbocycles. The van der Waals surface area contributed by atoms with Gasteiger partial charge in [-0.25, -0.2) is 0 Å². The van der Waals surface area contributed by atoms with Crippen LogP contribution in [0.5, 0.6) is 0 Å². The molecule has 1 heterocycles. The van der Waals surface area contributed by atoms with E-state index in [9.17, 15) is 19.5 Å². The number of nitrogens with one attached hydrogen (secondary N) is 3. The molecule has 0 spiro atoms. The van der Waals surface area contributed by atoms with Crippen LogP contribution in [0, 0.1) is 5.92 Å². The van der Waals surface area contributed by atoms with Crippen molar-refractivity contribution in [3.8, 4) is 0 Å². The van der Waals surface area contributed by atoms with E-state index in [1.165, 1.54) is 6.92 Å². The van der Waals surface area contributed by atoms with Crippen molar-refractivity contribution >= 4 is 24.2 Å². The van der Waals surface area contributed by atoms with E-state index in [1.54, 1.807) is 6.20 Å². The zero-order valence-electron chi connectivity index (χ0n) is 16.6. The normalized spacial score (nSPS) is 20.2. The maximum atomic E-state index is 12.3. The first-order valence-electron chi connectivity index (χ1n) is 9.39. The summed E-state index contributed by atoms with van der Waals surface area (Å²) in [5.41, 5.74) is 0.922. The van der Waals surface area contributed by atoms with Crippen molar-refractivity contribution in [2.45, 2.75) is 58.3 Å². The van der Waals surface area contributed by atoms with E-state index in [1.807, 2.05) is 10.9 Å². The van der Waals surface area contributed by atoms with Gasteiger partial charge in [0.05, 0.1) is 24.9 Å². The molecule has 1 aromatic rings. The Labute approximate surface area is 168 Å². The fourth-order valence-electron chi connectivity index (χ4n) is 3.03. The van der Waals surface area contributed by atoms with Crippen molar-refractivity contribution in [3.05, 3.63) is 18.0 Å². The molecule has 0 radical (unpaired) electrons. The molecule has 162 valence electrons. The molecule has 3 atom stereocenters. The topological polar surface area (TPSA) is 163 Å². The van der Waals surface area contributed by atoms with Crippen molar-refractivity contribution in [2.75, 3.05) is 6.54 Å². The highest BCUT2D eigenvalue weighted by atomic mass is 16.3. The van der Waals surface area contributed by atoms with E-state index < -0.39 is 12.1 Å². The number of aromatic nitrogens is 2. The number of amides is 3. The van der Waals surface area contributed by atoms with Crippen molar-refractivity contribution in [1.29, 1.82) is 0 Å². The first-order chi connectivity index (χ1) is 13.8. The van der Waals surface area contributed by atoms with Crippen LogP contribution in [-0.2, 0) is 32.3 Å². The Bertz CT molecular complexity index is 692. The quantitative estimate of drug-likeness (QED) is 0.343. The number of rotatable bonds is 8. The lowest BCUT2D eigenvalue weighted by atomic mass is 10.1. The van der Waals surface area contributed by atoms with E-state index >= 15 is 0 Å². The average Bonchev–Trinajstić information content (AvgIpc) is 3.26. The number of carbonyl (C=O) groups excluding carboxylic acids is 3. The van der Waals surface area contributed by atoms with Crippen LogP contribution in [-0.4, -0.2) is 62.9 Å². The molecule has 0 bridgehead atoms. The standard InChI is InChI=1S/C17H27N5O4.CH2O2/c1-3-4-22-10-12(8-20-22)7-19-17(26)13-5-14(15(24)6-13)21-16(25)9-18-11(2)23;2-1-3/h8,10,13-15,24H,3-7,9H2,1-2H3,(H,18,23)(H,19,26)(H,21,25);1H,(H,2,3)/t13-,14-,15-;/m0./s1. The maximum absolute atomic E-state index is 12.3. The first kappa shape index (κ1) is 24.1. The van der Waals surface area contributed by atoms with Gasteiger partial charge in [0.15, 0.2) is 0 Å². The summed E-state index contributed by atoms with van der Waals surface area (Å²) >= 11 is 0.